The van der Waals surface area contributed by atoms with Crippen LogP contribution >= 0.6 is 0 Å². The molecule has 0 unspecified atom stereocenters. The van der Waals surface area contributed by atoms with Gasteiger partial charge in [-0.2, -0.15) is 0 Å². The number of Topliss-reactive ketones (excluding diaryl/α,β-unsaturated/α-hetero) is 1. The molecule has 0 radical (unpaired) electrons. The fraction of sp³-hybridized carbons (Fsp3) is 0.333. The summed E-state index contributed by atoms with van der Waals surface area (Å²) in [6.07, 6.45) is 3.37. The Labute approximate surface area is 80.8 Å². The summed E-state index contributed by atoms with van der Waals surface area (Å²) in [4.78, 5) is 31.7. The zero-order chi connectivity index (χ0) is 9.97. The zero-order valence-corrected chi connectivity index (χ0v) is 7.51. The van der Waals surface area contributed by atoms with E-state index < -0.39 is 0 Å². The largest absolute Gasteiger partial charge is 0.299 e. The molecule has 0 aliphatic carbocycles. The summed E-state index contributed by atoms with van der Waals surface area (Å²) in [5.41, 5.74) is 0. The molecule has 2 rings (SSSR count). The predicted octanol–water partition coefficient (Wildman–Crippen LogP) is 0.172. The Kier molecular flexibility index (Phi) is 2.22. The summed E-state index contributed by atoms with van der Waals surface area (Å²) in [5.74, 6) is 0.387. The van der Waals surface area contributed by atoms with E-state index in [0.717, 1.165) is 0 Å². The minimum Gasteiger partial charge on any atom is -0.299 e. The van der Waals surface area contributed by atoms with Gasteiger partial charge in [0.25, 0.3) is 0 Å². The molecule has 0 saturated carbocycles. The van der Waals surface area contributed by atoms with Crippen LogP contribution in [-0.2, 0) is 9.59 Å². The van der Waals surface area contributed by atoms with Gasteiger partial charge < -0.3 is 0 Å². The van der Waals surface area contributed by atoms with E-state index in [0.29, 0.717) is 18.8 Å². The van der Waals surface area contributed by atoms with E-state index in [1.165, 1.54) is 11.2 Å². The smallest absolute Gasteiger partial charge is 0.235 e. The maximum absolute atomic E-state index is 11.4. The minimum absolute atomic E-state index is 0.000283. The lowest BCUT2D eigenvalue weighted by Gasteiger charge is -2.24. The minimum atomic E-state index is -0.181. The molecule has 0 atom stereocenters. The SMILES string of the molecule is O=C1CCN(c2ccncn2)C(=O)C1. The third-order valence-electron chi connectivity index (χ3n) is 2.11. The Morgan fingerprint density at radius 1 is 1.36 bits per heavy atom. The van der Waals surface area contributed by atoms with Gasteiger partial charge in [-0.1, -0.05) is 0 Å². The Hall–Kier alpha value is -1.78. The molecule has 1 aliphatic rings. The second-order valence-corrected chi connectivity index (χ2v) is 3.08. The van der Waals surface area contributed by atoms with Crippen molar-refractivity contribution in [2.75, 3.05) is 11.4 Å². The first-order valence-corrected chi connectivity index (χ1v) is 4.35. The second-order valence-electron chi connectivity index (χ2n) is 3.08. The van der Waals surface area contributed by atoms with Gasteiger partial charge in [-0.15, -0.1) is 0 Å². The van der Waals surface area contributed by atoms with Crippen LogP contribution < -0.4 is 4.90 Å². The van der Waals surface area contributed by atoms with Crippen molar-refractivity contribution in [1.82, 2.24) is 9.97 Å². The molecule has 1 aromatic heterocycles. The lowest BCUT2D eigenvalue weighted by atomic mass is 10.1. The molecule has 1 fully saturated rings. The summed E-state index contributed by atoms with van der Waals surface area (Å²) in [7, 11) is 0. The molecule has 5 nitrogen and oxygen atoms in total. The molecular formula is C9H9N3O2. The molecule has 0 spiro atoms. The van der Waals surface area contributed by atoms with Gasteiger partial charge in [-0.05, 0) is 6.07 Å². The Balaban J connectivity index is 2.20. The molecule has 72 valence electrons. The predicted molar refractivity (Wildman–Crippen MR) is 48.6 cm³/mol. The number of ketones is 1. The van der Waals surface area contributed by atoms with Crippen LogP contribution in [0.25, 0.3) is 0 Å². The van der Waals surface area contributed by atoms with Crippen molar-refractivity contribution in [2.45, 2.75) is 12.8 Å². The summed E-state index contributed by atoms with van der Waals surface area (Å²) in [6.45, 7) is 0.425. The summed E-state index contributed by atoms with van der Waals surface area (Å²) in [5, 5.41) is 0. The number of hydrogen-bond acceptors (Lipinski definition) is 4. The number of hydrogen-bond donors (Lipinski definition) is 0. The normalized spacial score (nSPS) is 17.3. The molecule has 1 saturated heterocycles. The number of carbonyl (C=O) groups excluding carboxylic acids is 2. The van der Waals surface area contributed by atoms with Crippen LogP contribution in [0, 0.1) is 0 Å². The summed E-state index contributed by atoms with van der Waals surface area (Å²) in [6, 6.07) is 1.66. The third-order valence-corrected chi connectivity index (χ3v) is 2.11. The standard InChI is InChI=1S/C9H9N3O2/c13-7-2-4-12(9(14)5-7)8-1-3-10-6-11-8/h1,3,6H,2,4-5H2. The van der Waals surface area contributed by atoms with Gasteiger partial charge in [-0.25, -0.2) is 9.97 Å². The van der Waals surface area contributed by atoms with Gasteiger partial charge >= 0.3 is 0 Å². The highest BCUT2D eigenvalue weighted by Crippen LogP contribution is 2.15. The molecule has 0 bridgehead atoms. The third kappa shape index (κ3) is 1.61. The molecule has 0 N–H and O–H groups in total. The van der Waals surface area contributed by atoms with E-state index in [4.69, 9.17) is 0 Å². The van der Waals surface area contributed by atoms with Crippen molar-refractivity contribution < 1.29 is 9.59 Å². The lowest BCUT2D eigenvalue weighted by molar-refractivity contribution is -0.128. The number of piperidine rings is 1. The molecule has 1 aromatic rings. The van der Waals surface area contributed by atoms with Gasteiger partial charge in [0.2, 0.25) is 5.91 Å². The first-order valence-electron chi connectivity index (χ1n) is 4.35. The van der Waals surface area contributed by atoms with Crippen molar-refractivity contribution in [3.05, 3.63) is 18.6 Å². The van der Waals surface area contributed by atoms with Gasteiger partial charge in [-0.3, -0.25) is 14.5 Å². The molecule has 0 aromatic carbocycles. The van der Waals surface area contributed by atoms with Gasteiger partial charge in [0, 0.05) is 19.2 Å². The number of amides is 1. The molecule has 1 aliphatic heterocycles. The topological polar surface area (TPSA) is 63.2 Å². The first-order chi connectivity index (χ1) is 6.77. The van der Waals surface area contributed by atoms with Gasteiger partial charge in [0.15, 0.2) is 0 Å². The van der Waals surface area contributed by atoms with Gasteiger partial charge in [0.05, 0.1) is 6.42 Å². The average Bonchev–Trinajstić information content (AvgIpc) is 2.19. The number of rotatable bonds is 1. The fourth-order valence-electron chi connectivity index (χ4n) is 1.40. The fourth-order valence-corrected chi connectivity index (χ4v) is 1.40. The number of carbonyl (C=O) groups is 2. The van der Waals surface area contributed by atoms with E-state index in [-0.39, 0.29) is 18.1 Å². The van der Waals surface area contributed by atoms with Crippen molar-refractivity contribution in [2.24, 2.45) is 0 Å². The highest BCUT2D eigenvalue weighted by molar-refractivity contribution is 6.08. The van der Waals surface area contributed by atoms with E-state index in [1.54, 1.807) is 12.3 Å². The zero-order valence-electron chi connectivity index (χ0n) is 7.51. The maximum Gasteiger partial charge on any atom is 0.235 e. The highest BCUT2D eigenvalue weighted by Gasteiger charge is 2.25. The Morgan fingerprint density at radius 2 is 2.21 bits per heavy atom. The van der Waals surface area contributed by atoms with Crippen molar-refractivity contribution >= 4 is 17.5 Å². The average molecular weight is 191 g/mol. The Bertz CT molecular complexity index is 364. The number of aromatic nitrogens is 2. The molecule has 14 heavy (non-hydrogen) atoms. The second kappa shape index (κ2) is 3.53. The first kappa shape index (κ1) is 8.80. The van der Waals surface area contributed by atoms with E-state index in [9.17, 15) is 9.59 Å². The molecular weight excluding hydrogens is 182 g/mol. The van der Waals surface area contributed by atoms with Crippen LogP contribution in [0.2, 0.25) is 0 Å². The Morgan fingerprint density at radius 3 is 2.86 bits per heavy atom. The lowest BCUT2D eigenvalue weighted by Crippen LogP contribution is -2.39. The van der Waals surface area contributed by atoms with Crippen LogP contribution in [0.4, 0.5) is 5.82 Å². The number of nitrogens with zero attached hydrogens (tertiary/aromatic N) is 3. The van der Waals surface area contributed by atoms with Crippen molar-refractivity contribution in [3.8, 4) is 0 Å². The van der Waals surface area contributed by atoms with Gasteiger partial charge in [0.1, 0.15) is 17.9 Å². The molecule has 5 heteroatoms. The van der Waals surface area contributed by atoms with Crippen LogP contribution in [0.5, 0.6) is 0 Å². The van der Waals surface area contributed by atoms with E-state index >= 15 is 0 Å². The quantitative estimate of drug-likeness (QED) is 0.594. The van der Waals surface area contributed by atoms with Crippen LogP contribution in [0.15, 0.2) is 18.6 Å². The van der Waals surface area contributed by atoms with Crippen molar-refractivity contribution in [1.29, 1.82) is 0 Å². The maximum atomic E-state index is 11.4. The monoisotopic (exact) mass is 191 g/mol. The van der Waals surface area contributed by atoms with E-state index in [1.807, 2.05) is 0 Å². The molecule has 1 amide bonds. The van der Waals surface area contributed by atoms with Crippen LogP contribution in [0.1, 0.15) is 12.8 Å². The summed E-state index contributed by atoms with van der Waals surface area (Å²) >= 11 is 0. The van der Waals surface area contributed by atoms with Crippen LogP contribution in [-0.4, -0.2) is 28.2 Å². The van der Waals surface area contributed by atoms with Crippen molar-refractivity contribution in [3.63, 3.8) is 0 Å². The van der Waals surface area contributed by atoms with Crippen LogP contribution in [0.3, 0.4) is 0 Å². The summed E-state index contributed by atoms with van der Waals surface area (Å²) < 4.78 is 0. The number of anilines is 1. The highest BCUT2D eigenvalue weighted by atomic mass is 16.2. The van der Waals surface area contributed by atoms with E-state index in [2.05, 4.69) is 9.97 Å². The molecule has 2 heterocycles.